The molecule has 3 rings (SSSR count). The molecule has 0 unspecified atom stereocenters. The summed E-state index contributed by atoms with van der Waals surface area (Å²) in [6, 6.07) is 15.7. The van der Waals surface area contributed by atoms with E-state index in [1.165, 1.54) is 5.56 Å². The zero-order chi connectivity index (χ0) is 21.2. The minimum absolute atomic E-state index is 0.235. The summed E-state index contributed by atoms with van der Waals surface area (Å²) >= 11 is 1.62. The van der Waals surface area contributed by atoms with Crippen LogP contribution in [0.3, 0.4) is 0 Å². The summed E-state index contributed by atoms with van der Waals surface area (Å²) in [6.45, 7) is 4.17. The lowest BCUT2D eigenvalue weighted by Crippen LogP contribution is -2.30. The van der Waals surface area contributed by atoms with Crippen molar-refractivity contribution in [3.8, 4) is 10.6 Å². The van der Waals surface area contributed by atoms with Crippen LogP contribution >= 0.6 is 11.3 Å². The number of nitrogens with one attached hydrogen (secondary N) is 2. The summed E-state index contributed by atoms with van der Waals surface area (Å²) in [4.78, 5) is 16.9. The second-order valence-corrected chi connectivity index (χ2v) is 7.74. The smallest absolute Gasteiger partial charge is 0.319 e. The molecular weight excluding hydrogens is 398 g/mol. The molecule has 0 radical (unpaired) electrons. The molecule has 1 aromatic heterocycles. The third-order valence-corrected chi connectivity index (χ3v) is 5.34. The molecule has 2 amide bonds. The molecule has 0 spiro atoms. The number of nitrogens with zero attached hydrogens (tertiary/aromatic N) is 1. The zero-order valence-corrected chi connectivity index (χ0v) is 18.1. The Bertz CT molecular complexity index is 941. The van der Waals surface area contributed by atoms with Crippen molar-refractivity contribution in [1.82, 2.24) is 10.3 Å². The van der Waals surface area contributed by atoms with Crippen LogP contribution in [0.2, 0.25) is 0 Å². The van der Waals surface area contributed by atoms with Gasteiger partial charge in [-0.3, -0.25) is 0 Å². The van der Waals surface area contributed by atoms with E-state index in [9.17, 15) is 4.79 Å². The number of carbonyl (C=O) groups is 1. The highest BCUT2D eigenvalue weighted by Crippen LogP contribution is 2.24. The van der Waals surface area contributed by atoms with Gasteiger partial charge >= 0.3 is 6.03 Å². The second-order valence-electron chi connectivity index (χ2n) is 6.89. The summed E-state index contributed by atoms with van der Waals surface area (Å²) in [6.07, 6.45) is 0.684. The van der Waals surface area contributed by atoms with E-state index in [0.29, 0.717) is 32.8 Å². The van der Waals surface area contributed by atoms with Crippen LogP contribution in [-0.4, -0.2) is 37.9 Å². The average molecular weight is 426 g/mol. The summed E-state index contributed by atoms with van der Waals surface area (Å²) in [5.41, 5.74) is 5.06. The highest BCUT2D eigenvalue weighted by atomic mass is 32.1. The van der Waals surface area contributed by atoms with Crippen molar-refractivity contribution >= 4 is 23.1 Å². The molecule has 3 aromatic rings. The van der Waals surface area contributed by atoms with E-state index in [1.54, 1.807) is 18.4 Å². The first-order chi connectivity index (χ1) is 14.6. The van der Waals surface area contributed by atoms with Crippen molar-refractivity contribution in [3.63, 3.8) is 0 Å². The van der Waals surface area contributed by atoms with Crippen molar-refractivity contribution in [2.75, 3.05) is 32.2 Å². The second kappa shape index (κ2) is 11.4. The number of methoxy groups -OCH3 is 1. The van der Waals surface area contributed by atoms with Crippen LogP contribution in [0.25, 0.3) is 10.6 Å². The van der Waals surface area contributed by atoms with Gasteiger partial charge in [-0.05, 0) is 24.6 Å². The molecular formula is C23H27N3O3S. The van der Waals surface area contributed by atoms with Crippen molar-refractivity contribution in [1.29, 1.82) is 0 Å². The zero-order valence-electron chi connectivity index (χ0n) is 17.3. The van der Waals surface area contributed by atoms with Crippen LogP contribution in [0, 0.1) is 6.92 Å². The largest absolute Gasteiger partial charge is 0.382 e. The van der Waals surface area contributed by atoms with Gasteiger partial charge in [0.1, 0.15) is 5.01 Å². The summed E-state index contributed by atoms with van der Waals surface area (Å²) in [7, 11) is 1.64. The standard InChI is InChI=1S/C23H27N3O3S/c1-17-6-8-19(9-7-17)22-25-21(16-30-22)10-11-24-23(27)26-20-5-3-4-18(14-20)15-29-13-12-28-2/h3-9,14,16H,10-13,15H2,1-2H3,(H2,24,26,27). The van der Waals surface area contributed by atoms with Gasteiger partial charge in [-0.25, -0.2) is 9.78 Å². The minimum Gasteiger partial charge on any atom is -0.382 e. The number of rotatable bonds is 10. The molecule has 2 aromatic carbocycles. The van der Waals surface area contributed by atoms with Gasteiger partial charge < -0.3 is 20.1 Å². The van der Waals surface area contributed by atoms with Crippen LogP contribution in [-0.2, 0) is 22.5 Å². The lowest BCUT2D eigenvalue weighted by molar-refractivity contribution is 0.0617. The van der Waals surface area contributed by atoms with Crippen LogP contribution in [0.4, 0.5) is 10.5 Å². The predicted molar refractivity (Wildman–Crippen MR) is 121 cm³/mol. The molecule has 2 N–H and O–H groups in total. The minimum atomic E-state index is -0.235. The van der Waals surface area contributed by atoms with Crippen molar-refractivity contribution in [2.45, 2.75) is 20.0 Å². The Balaban J connectivity index is 1.42. The Hall–Kier alpha value is -2.74. The van der Waals surface area contributed by atoms with Crippen molar-refractivity contribution < 1.29 is 14.3 Å². The first kappa shape index (κ1) is 22.0. The van der Waals surface area contributed by atoms with Gasteiger partial charge in [0.2, 0.25) is 0 Å². The molecule has 0 aliphatic heterocycles. The molecule has 7 heteroatoms. The third-order valence-electron chi connectivity index (χ3n) is 4.40. The van der Waals surface area contributed by atoms with Gasteiger partial charge in [-0.15, -0.1) is 11.3 Å². The number of carbonyl (C=O) groups excluding carboxylic acids is 1. The maximum atomic E-state index is 12.2. The van der Waals surface area contributed by atoms with E-state index in [0.717, 1.165) is 27.5 Å². The number of urea groups is 1. The Morgan fingerprint density at radius 3 is 2.77 bits per heavy atom. The molecule has 158 valence electrons. The van der Waals surface area contributed by atoms with Crippen molar-refractivity contribution in [2.24, 2.45) is 0 Å². The SMILES string of the molecule is COCCOCc1cccc(NC(=O)NCCc2csc(-c3ccc(C)cc3)n2)c1. The fourth-order valence-corrected chi connectivity index (χ4v) is 3.66. The van der Waals surface area contributed by atoms with E-state index in [-0.39, 0.29) is 6.03 Å². The summed E-state index contributed by atoms with van der Waals surface area (Å²) in [5, 5.41) is 8.78. The monoisotopic (exact) mass is 425 g/mol. The van der Waals surface area contributed by atoms with E-state index in [4.69, 9.17) is 9.47 Å². The number of amides is 2. The number of hydrogen-bond donors (Lipinski definition) is 2. The molecule has 0 aliphatic rings. The Morgan fingerprint density at radius 2 is 1.97 bits per heavy atom. The normalized spacial score (nSPS) is 10.7. The van der Waals surface area contributed by atoms with Gasteiger partial charge in [0.05, 0.1) is 25.5 Å². The van der Waals surface area contributed by atoms with Crippen LogP contribution in [0.5, 0.6) is 0 Å². The van der Waals surface area contributed by atoms with Gasteiger partial charge in [0, 0.05) is 36.7 Å². The quantitative estimate of drug-likeness (QED) is 0.464. The maximum Gasteiger partial charge on any atom is 0.319 e. The number of thiazole rings is 1. The van der Waals surface area contributed by atoms with E-state index >= 15 is 0 Å². The van der Waals surface area contributed by atoms with Crippen LogP contribution in [0.15, 0.2) is 53.9 Å². The Kier molecular flexibility index (Phi) is 8.38. The highest BCUT2D eigenvalue weighted by Gasteiger charge is 2.06. The number of ether oxygens (including phenoxy) is 2. The number of aromatic nitrogens is 1. The average Bonchev–Trinajstić information content (AvgIpc) is 3.21. The maximum absolute atomic E-state index is 12.2. The third kappa shape index (κ3) is 6.95. The molecule has 30 heavy (non-hydrogen) atoms. The lowest BCUT2D eigenvalue weighted by atomic mass is 10.2. The summed E-state index contributed by atoms with van der Waals surface area (Å²) < 4.78 is 10.5. The summed E-state index contributed by atoms with van der Waals surface area (Å²) in [5.74, 6) is 0. The van der Waals surface area contributed by atoms with E-state index in [1.807, 2.05) is 29.6 Å². The topological polar surface area (TPSA) is 72.5 Å². The van der Waals surface area contributed by atoms with Crippen LogP contribution < -0.4 is 10.6 Å². The highest BCUT2D eigenvalue weighted by molar-refractivity contribution is 7.13. The molecule has 0 bridgehead atoms. The number of anilines is 1. The molecule has 0 atom stereocenters. The number of benzene rings is 2. The fraction of sp³-hybridized carbons (Fsp3) is 0.304. The first-order valence-electron chi connectivity index (χ1n) is 9.86. The van der Waals surface area contributed by atoms with Gasteiger partial charge in [-0.1, -0.05) is 42.0 Å². The van der Waals surface area contributed by atoms with E-state index < -0.39 is 0 Å². The lowest BCUT2D eigenvalue weighted by Gasteiger charge is -2.09. The molecule has 0 saturated heterocycles. The molecule has 0 saturated carbocycles. The molecule has 0 aliphatic carbocycles. The van der Waals surface area contributed by atoms with Gasteiger partial charge in [0.15, 0.2) is 0 Å². The van der Waals surface area contributed by atoms with E-state index in [2.05, 4.69) is 46.8 Å². The first-order valence-corrected chi connectivity index (χ1v) is 10.7. The Morgan fingerprint density at radius 1 is 1.13 bits per heavy atom. The van der Waals surface area contributed by atoms with Crippen molar-refractivity contribution in [3.05, 3.63) is 70.7 Å². The molecule has 0 fully saturated rings. The number of hydrogen-bond acceptors (Lipinski definition) is 5. The fourth-order valence-electron chi connectivity index (χ4n) is 2.80. The van der Waals surface area contributed by atoms with Gasteiger partial charge in [-0.2, -0.15) is 0 Å². The predicted octanol–water partition coefficient (Wildman–Crippen LogP) is 4.65. The Labute approximate surface area is 181 Å². The number of aryl methyl sites for hydroxylation is 1. The molecule has 6 nitrogen and oxygen atoms in total. The van der Waals surface area contributed by atoms with Gasteiger partial charge in [0.25, 0.3) is 0 Å². The van der Waals surface area contributed by atoms with Crippen LogP contribution in [0.1, 0.15) is 16.8 Å². The molecule has 1 heterocycles.